The van der Waals surface area contributed by atoms with Gasteiger partial charge in [-0.15, -0.1) is 0 Å². The number of aliphatic carboxylic acids is 1. The maximum absolute atomic E-state index is 11.7. The number of nitrogens with one attached hydrogen (secondary N) is 2. The van der Waals surface area contributed by atoms with Crippen molar-refractivity contribution < 1.29 is 24.2 Å². The van der Waals surface area contributed by atoms with E-state index in [-0.39, 0.29) is 37.1 Å². The standard InChI is InChI=1S/C16H28N2O5/c1-4-16(2,3)14(21)23-10-9-17-15(22)18-12-7-5-11(6-8-12)13(19)20/h11-12H,4-10H2,1-3H3,(H,19,20)(H2,17,18,22). The second-order valence-electron chi connectivity index (χ2n) is 6.66. The number of carboxylic acids is 1. The molecule has 1 aliphatic carbocycles. The zero-order valence-electron chi connectivity index (χ0n) is 14.2. The molecule has 0 bridgehead atoms. The molecule has 23 heavy (non-hydrogen) atoms. The molecule has 1 aliphatic rings. The Labute approximate surface area is 137 Å². The zero-order valence-corrected chi connectivity index (χ0v) is 14.2. The molecular weight excluding hydrogens is 300 g/mol. The van der Waals surface area contributed by atoms with Gasteiger partial charge in [0.2, 0.25) is 0 Å². The van der Waals surface area contributed by atoms with Gasteiger partial charge in [-0.25, -0.2) is 4.79 Å². The Morgan fingerprint density at radius 3 is 2.30 bits per heavy atom. The number of ether oxygens (including phenoxy) is 1. The molecule has 1 rings (SSSR count). The number of rotatable bonds is 7. The van der Waals surface area contributed by atoms with Gasteiger partial charge in [0, 0.05) is 6.04 Å². The van der Waals surface area contributed by atoms with E-state index in [1.54, 1.807) is 0 Å². The maximum Gasteiger partial charge on any atom is 0.315 e. The SMILES string of the molecule is CCC(C)(C)C(=O)OCCNC(=O)NC1CCC(C(=O)O)CC1. The fraction of sp³-hybridized carbons (Fsp3) is 0.812. The van der Waals surface area contributed by atoms with Crippen LogP contribution in [0.5, 0.6) is 0 Å². The van der Waals surface area contributed by atoms with Crippen LogP contribution in [0.15, 0.2) is 0 Å². The summed E-state index contributed by atoms with van der Waals surface area (Å²) in [4.78, 5) is 34.4. The minimum Gasteiger partial charge on any atom is -0.481 e. The third kappa shape index (κ3) is 6.46. The predicted molar refractivity (Wildman–Crippen MR) is 84.9 cm³/mol. The van der Waals surface area contributed by atoms with Crippen molar-refractivity contribution in [3.05, 3.63) is 0 Å². The Morgan fingerprint density at radius 1 is 1.17 bits per heavy atom. The molecule has 1 fully saturated rings. The van der Waals surface area contributed by atoms with Crippen LogP contribution in [-0.2, 0) is 14.3 Å². The van der Waals surface area contributed by atoms with Crippen LogP contribution < -0.4 is 10.6 Å². The summed E-state index contributed by atoms with van der Waals surface area (Å²) in [6.07, 6.45) is 3.21. The normalized spacial score (nSPS) is 21.3. The summed E-state index contributed by atoms with van der Waals surface area (Å²) >= 11 is 0. The lowest BCUT2D eigenvalue weighted by Gasteiger charge is -2.26. The monoisotopic (exact) mass is 328 g/mol. The van der Waals surface area contributed by atoms with Crippen LogP contribution in [0.2, 0.25) is 0 Å². The molecule has 0 aromatic heterocycles. The molecule has 0 aromatic rings. The average molecular weight is 328 g/mol. The number of amides is 2. The number of urea groups is 1. The summed E-state index contributed by atoms with van der Waals surface area (Å²) in [7, 11) is 0. The lowest BCUT2D eigenvalue weighted by Crippen LogP contribution is -2.45. The topological polar surface area (TPSA) is 105 Å². The van der Waals surface area contributed by atoms with Crippen LogP contribution in [0.4, 0.5) is 4.79 Å². The van der Waals surface area contributed by atoms with Gasteiger partial charge in [0.05, 0.1) is 17.9 Å². The van der Waals surface area contributed by atoms with Gasteiger partial charge in [0.25, 0.3) is 0 Å². The van der Waals surface area contributed by atoms with Gasteiger partial charge in [-0.2, -0.15) is 0 Å². The third-order valence-corrected chi connectivity index (χ3v) is 4.47. The second-order valence-corrected chi connectivity index (χ2v) is 6.66. The Kier molecular flexibility index (Phi) is 7.32. The number of carboxylic acid groups (broad SMARTS) is 1. The lowest BCUT2D eigenvalue weighted by atomic mass is 9.86. The molecule has 2 amide bonds. The maximum atomic E-state index is 11.7. The zero-order chi connectivity index (χ0) is 17.5. The molecule has 7 nitrogen and oxygen atoms in total. The predicted octanol–water partition coefficient (Wildman–Crippen LogP) is 1.91. The molecule has 132 valence electrons. The quantitative estimate of drug-likeness (QED) is 0.489. The molecular formula is C16H28N2O5. The van der Waals surface area contributed by atoms with Crippen molar-refractivity contribution in [2.45, 2.75) is 58.9 Å². The summed E-state index contributed by atoms with van der Waals surface area (Å²) in [6, 6.07) is -0.304. The summed E-state index contributed by atoms with van der Waals surface area (Å²) in [5, 5.41) is 14.4. The highest BCUT2D eigenvalue weighted by Crippen LogP contribution is 2.24. The minimum absolute atomic E-state index is 0.00664. The van der Waals surface area contributed by atoms with Gasteiger partial charge < -0.3 is 20.5 Å². The van der Waals surface area contributed by atoms with Crippen molar-refractivity contribution in [1.29, 1.82) is 0 Å². The van der Waals surface area contributed by atoms with Gasteiger partial charge in [0.15, 0.2) is 0 Å². The minimum atomic E-state index is -0.760. The fourth-order valence-electron chi connectivity index (χ4n) is 2.37. The molecule has 7 heteroatoms. The van der Waals surface area contributed by atoms with E-state index in [0.717, 1.165) is 0 Å². The van der Waals surface area contributed by atoms with Crippen molar-refractivity contribution in [2.75, 3.05) is 13.2 Å². The van der Waals surface area contributed by atoms with E-state index in [0.29, 0.717) is 32.1 Å². The van der Waals surface area contributed by atoms with Crippen molar-refractivity contribution in [2.24, 2.45) is 11.3 Å². The molecule has 0 aromatic carbocycles. The van der Waals surface area contributed by atoms with Gasteiger partial charge in [-0.1, -0.05) is 6.92 Å². The first-order valence-corrected chi connectivity index (χ1v) is 8.20. The summed E-state index contributed by atoms with van der Waals surface area (Å²) < 4.78 is 5.13. The van der Waals surface area contributed by atoms with E-state index in [1.165, 1.54) is 0 Å². The average Bonchev–Trinajstić information content (AvgIpc) is 2.51. The molecule has 0 aliphatic heterocycles. The first kappa shape index (κ1) is 19.3. The van der Waals surface area contributed by atoms with Crippen molar-refractivity contribution >= 4 is 18.0 Å². The van der Waals surface area contributed by atoms with Gasteiger partial charge in [0.1, 0.15) is 6.61 Å². The second kappa shape index (κ2) is 8.74. The molecule has 0 spiro atoms. The highest BCUT2D eigenvalue weighted by atomic mass is 16.5. The lowest BCUT2D eigenvalue weighted by molar-refractivity contribution is -0.153. The Balaban J connectivity index is 2.16. The Bertz CT molecular complexity index is 428. The van der Waals surface area contributed by atoms with E-state index in [9.17, 15) is 14.4 Å². The third-order valence-electron chi connectivity index (χ3n) is 4.47. The van der Waals surface area contributed by atoms with E-state index < -0.39 is 11.4 Å². The van der Waals surface area contributed by atoms with Crippen LogP contribution in [0, 0.1) is 11.3 Å². The molecule has 0 saturated heterocycles. The first-order chi connectivity index (χ1) is 10.8. The first-order valence-electron chi connectivity index (χ1n) is 8.20. The number of carbonyl (C=O) groups is 3. The summed E-state index contributed by atoms with van der Waals surface area (Å²) in [5.41, 5.74) is -0.509. The Morgan fingerprint density at radius 2 is 1.78 bits per heavy atom. The van der Waals surface area contributed by atoms with Crippen LogP contribution in [0.25, 0.3) is 0 Å². The molecule has 0 radical (unpaired) electrons. The van der Waals surface area contributed by atoms with Crippen LogP contribution in [-0.4, -0.2) is 42.3 Å². The van der Waals surface area contributed by atoms with Gasteiger partial charge >= 0.3 is 18.0 Å². The summed E-state index contributed by atoms with van der Waals surface area (Å²) in [5.74, 6) is -1.32. The molecule has 1 saturated carbocycles. The molecule has 0 atom stereocenters. The van der Waals surface area contributed by atoms with Crippen molar-refractivity contribution in [3.8, 4) is 0 Å². The van der Waals surface area contributed by atoms with Crippen molar-refractivity contribution in [3.63, 3.8) is 0 Å². The molecule has 3 N–H and O–H groups in total. The molecule has 0 heterocycles. The smallest absolute Gasteiger partial charge is 0.315 e. The van der Waals surface area contributed by atoms with Crippen LogP contribution >= 0.6 is 0 Å². The van der Waals surface area contributed by atoms with Gasteiger partial charge in [-0.05, 0) is 46.0 Å². The van der Waals surface area contributed by atoms with E-state index in [1.807, 2.05) is 20.8 Å². The van der Waals surface area contributed by atoms with Gasteiger partial charge in [-0.3, -0.25) is 9.59 Å². The van der Waals surface area contributed by atoms with E-state index in [4.69, 9.17) is 9.84 Å². The number of esters is 1. The number of carbonyl (C=O) groups excluding carboxylic acids is 2. The Hall–Kier alpha value is -1.79. The number of hydrogen-bond donors (Lipinski definition) is 3. The molecule has 0 unspecified atom stereocenters. The summed E-state index contributed by atoms with van der Waals surface area (Å²) in [6.45, 7) is 5.96. The number of hydrogen-bond acceptors (Lipinski definition) is 4. The van der Waals surface area contributed by atoms with Crippen LogP contribution in [0.1, 0.15) is 52.9 Å². The fourth-order valence-corrected chi connectivity index (χ4v) is 2.37. The highest BCUT2D eigenvalue weighted by Gasteiger charge is 2.27. The highest BCUT2D eigenvalue weighted by molar-refractivity contribution is 5.76. The van der Waals surface area contributed by atoms with Crippen molar-refractivity contribution in [1.82, 2.24) is 10.6 Å². The van der Waals surface area contributed by atoms with Crippen LogP contribution in [0.3, 0.4) is 0 Å². The van der Waals surface area contributed by atoms with E-state index >= 15 is 0 Å². The van der Waals surface area contributed by atoms with E-state index in [2.05, 4.69) is 10.6 Å². The largest absolute Gasteiger partial charge is 0.481 e.